The summed E-state index contributed by atoms with van der Waals surface area (Å²) in [4.78, 5) is 12.5. The van der Waals surface area contributed by atoms with Gasteiger partial charge in [0.25, 0.3) is 0 Å². The Hall–Kier alpha value is -2.31. The number of para-hydroxylation sites is 2. The smallest absolute Gasteiger partial charge is 0.337 e. The van der Waals surface area contributed by atoms with E-state index in [1.165, 1.54) is 5.57 Å². The Labute approximate surface area is 196 Å². The first-order valence-electron chi connectivity index (χ1n) is 11.9. The highest BCUT2D eigenvalue weighted by molar-refractivity contribution is 5.91. The zero-order valence-corrected chi connectivity index (χ0v) is 19.9. The maximum Gasteiger partial charge on any atom is 0.337 e. The maximum absolute atomic E-state index is 12.5. The van der Waals surface area contributed by atoms with Gasteiger partial charge in [0.05, 0.1) is 25.4 Å². The van der Waals surface area contributed by atoms with Crippen LogP contribution in [0.3, 0.4) is 0 Å². The number of ether oxygens (including phenoxy) is 3. The van der Waals surface area contributed by atoms with Gasteiger partial charge in [0.2, 0.25) is 0 Å². The van der Waals surface area contributed by atoms with E-state index in [1.54, 1.807) is 7.11 Å². The minimum atomic E-state index is -0.527. The third kappa shape index (κ3) is 4.08. The van der Waals surface area contributed by atoms with Crippen LogP contribution in [0.15, 0.2) is 48.1 Å². The largest absolute Gasteiger partial charge is 0.493 e. The standard InChI is InChI=1S/C27H36O6/c1-17-9-12-23-26(2,14-13-24(29)27(23,3)16-28)19(17)11-10-18-22(15-32-25(18)30)33-21-8-6-5-7-20(21)31-4/h5-8,10,19,22-24,28-29H,1,9,11-16H2,2-4H3/b18-10+. The molecule has 0 amide bonds. The zero-order chi connectivity index (χ0) is 23.8. The minimum absolute atomic E-state index is 0.0319. The zero-order valence-electron chi connectivity index (χ0n) is 19.9. The van der Waals surface area contributed by atoms with Crippen molar-refractivity contribution >= 4 is 5.97 Å². The van der Waals surface area contributed by atoms with Gasteiger partial charge in [-0.25, -0.2) is 4.79 Å². The number of rotatable bonds is 6. The van der Waals surface area contributed by atoms with Crippen LogP contribution in [-0.4, -0.2) is 48.7 Å². The number of hydrogen-bond donors (Lipinski definition) is 2. The van der Waals surface area contributed by atoms with E-state index in [2.05, 4.69) is 13.5 Å². The molecule has 0 spiro atoms. The van der Waals surface area contributed by atoms with Crippen LogP contribution in [-0.2, 0) is 9.53 Å². The first kappa shape index (κ1) is 23.8. The van der Waals surface area contributed by atoms with Gasteiger partial charge in [0, 0.05) is 5.41 Å². The van der Waals surface area contributed by atoms with Gasteiger partial charge in [-0.2, -0.15) is 0 Å². The number of methoxy groups -OCH3 is 1. The molecule has 33 heavy (non-hydrogen) atoms. The molecule has 6 unspecified atom stereocenters. The highest BCUT2D eigenvalue weighted by Crippen LogP contribution is 2.61. The topological polar surface area (TPSA) is 85.2 Å². The number of hydrogen-bond acceptors (Lipinski definition) is 6. The van der Waals surface area contributed by atoms with Gasteiger partial charge in [0.15, 0.2) is 17.6 Å². The Balaban J connectivity index is 1.58. The number of carbonyl (C=O) groups is 1. The average molecular weight is 457 g/mol. The fourth-order valence-corrected chi connectivity index (χ4v) is 6.52. The van der Waals surface area contributed by atoms with Crippen molar-refractivity contribution in [1.82, 2.24) is 0 Å². The summed E-state index contributed by atoms with van der Waals surface area (Å²) in [7, 11) is 1.59. The monoisotopic (exact) mass is 456 g/mol. The summed E-state index contributed by atoms with van der Waals surface area (Å²) in [5.41, 5.74) is 1.07. The Kier molecular flexibility index (Phi) is 6.61. The number of cyclic esters (lactones) is 1. The lowest BCUT2D eigenvalue weighted by Crippen LogP contribution is -2.57. The molecule has 3 aliphatic rings. The molecule has 6 atom stereocenters. The van der Waals surface area contributed by atoms with Gasteiger partial charge in [-0.05, 0) is 61.5 Å². The van der Waals surface area contributed by atoms with Gasteiger partial charge >= 0.3 is 5.97 Å². The molecular formula is C27H36O6. The van der Waals surface area contributed by atoms with Gasteiger partial charge in [0.1, 0.15) is 6.61 Å². The third-order valence-electron chi connectivity index (χ3n) is 8.55. The molecule has 1 aliphatic heterocycles. The summed E-state index contributed by atoms with van der Waals surface area (Å²) in [6.07, 6.45) is 4.92. The number of aliphatic hydroxyl groups is 2. The predicted octanol–water partition coefficient (Wildman–Crippen LogP) is 4.06. The fraction of sp³-hybridized carbons (Fsp3) is 0.593. The molecule has 1 saturated heterocycles. The molecule has 180 valence electrons. The van der Waals surface area contributed by atoms with Crippen molar-refractivity contribution in [2.24, 2.45) is 22.7 Å². The maximum atomic E-state index is 12.5. The molecule has 2 aliphatic carbocycles. The lowest BCUT2D eigenvalue weighted by molar-refractivity contribution is -0.151. The summed E-state index contributed by atoms with van der Waals surface area (Å²) in [6, 6.07) is 7.36. The number of aliphatic hydroxyl groups excluding tert-OH is 2. The van der Waals surface area contributed by atoms with E-state index >= 15 is 0 Å². The van der Waals surface area contributed by atoms with Crippen molar-refractivity contribution in [3.8, 4) is 11.5 Å². The Morgan fingerprint density at radius 3 is 2.67 bits per heavy atom. The fourth-order valence-electron chi connectivity index (χ4n) is 6.52. The van der Waals surface area contributed by atoms with Crippen LogP contribution in [0.25, 0.3) is 0 Å². The number of benzene rings is 1. The first-order valence-corrected chi connectivity index (χ1v) is 11.9. The van der Waals surface area contributed by atoms with Crippen molar-refractivity contribution in [3.63, 3.8) is 0 Å². The van der Waals surface area contributed by atoms with Crippen LogP contribution in [0, 0.1) is 22.7 Å². The van der Waals surface area contributed by atoms with E-state index in [0.717, 1.165) is 19.3 Å². The number of fused-ring (bicyclic) bond motifs is 1. The summed E-state index contributed by atoms with van der Waals surface area (Å²) in [6.45, 7) is 8.79. The van der Waals surface area contributed by atoms with Crippen molar-refractivity contribution in [2.75, 3.05) is 20.3 Å². The number of allylic oxidation sites excluding steroid dienone is 2. The van der Waals surface area contributed by atoms with Crippen LogP contribution >= 0.6 is 0 Å². The van der Waals surface area contributed by atoms with Gasteiger partial charge in [-0.1, -0.05) is 44.2 Å². The van der Waals surface area contributed by atoms with Crippen LogP contribution in [0.1, 0.15) is 46.0 Å². The SMILES string of the molecule is C=C1CCC2C(C)(CO)C(O)CCC2(C)C1C/C=C1/C(=O)OCC1Oc1ccccc1OC. The first-order chi connectivity index (χ1) is 15.7. The van der Waals surface area contributed by atoms with Crippen LogP contribution in [0.5, 0.6) is 11.5 Å². The highest BCUT2D eigenvalue weighted by atomic mass is 16.6. The van der Waals surface area contributed by atoms with E-state index in [9.17, 15) is 15.0 Å². The average Bonchev–Trinajstić information content (AvgIpc) is 3.15. The predicted molar refractivity (Wildman–Crippen MR) is 125 cm³/mol. The van der Waals surface area contributed by atoms with Gasteiger partial charge in [-0.15, -0.1) is 0 Å². The summed E-state index contributed by atoms with van der Waals surface area (Å²) < 4.78 is 16.8. The summed E-state index contributed by atoms with van der Waals surface area (Å²) >= 11 is 0. The third-order valence-corrected chi connectivity index (χ3v) is 8.55. The summed E-state index contributed by atoms with van der Waals surface area (Å²) in [5, 5.41) is 20.9. The lowest BCUT2D eigenvalue weighted by atomic mass is 9.46. The Morgan fingerprint density at radius 2 is 1.97 bits per heavy atom. The van der Waals surface area contributed by atoms with E-state index in [4.69, 9.17) is 14.2 Å². The van der Waals surface area contributed by atoms with Crippen molar-refractivity contribution in [3.05, 3.63) is 48.1 Å². The second-order valence-electron chi connectivity index (χ2n) is 10.3. The second-order valence-corrected chi connectivity index (χ2v) is 10.3. The molecule has 4 rings (SSSR count). The van der Waals surface area contributed by atoms with E-state index in [1.807, 2.05) is 37.3 Å². The summed E-state index contributed by atoms with van der Waals surface area (Å²) in [5.74, 6) is 1.17. The normalized spacial score (nSPS) is 37.5. The molecule has 0 radical (unpaired) electrons. The Bertz CT molecular complexity index is 938. The van der Waals surface area contributed by atoms with E-state index < -0.39 is 17.6 Å². The van der Waals surface area contributed by atoms with Crippen molar-refractivity contribution in [2.45, 2.75) is 58.2 Å². The molecule has 2 N–H and O–H groups in total. The van der Waals surface area contributed by atoms with Crippen LogP contribution in [0.4, 0.5) is 0 Å². The Morgan fingerprint density at radius 1 is 1.24 bits per heavy atom. The molecule has 0 bridgehead atoms. The number of esters is 1. The van der Waals surface area contributed by atoms with Crippen LogP contribution < -0.4 is 9.47 Å². The van der Waals surface area contributed by atoms with E-state index in [0.29, 0.717) is 29.9 Å². The quantitative estimate of drug-likeness (QED) is 0.382. The molecule has 3 fully saturated rings. The lowest BCUT2D eigenvalue weighted by Gasteiger charge is -2.59. The van der Waals surface area contributed by atoms with Crippen molar-refractivity contribution in [1.29, 1.82) is 0 Å². The van der Waals surface area contributed by atoms with Crippen LogP contribution in [0.2, 0.25) is 0 Å². The molecule has 1 heterocycles. The molecule has 6 heteroatoms. The van der Waals surface area contributed by atoms with Gasteiger partial charge < -0.3 is 24.4 Å². The molecule has 0 aromatic heterocycles. The van der Waals surface area contributed by atoms with E-state index in [-0.39, 0.29) is 36.4 Å². The highest BCUT2D eigenvalue weighted by Gasteiger charge is 2.57. The molecule has 6 nitrogen and oxygen atoms in total. The molecule has 1 aromatic carbocycles. The van der Waals surface area contributed by atoms with Gasteiger partial charge in [-0.3, -0.25) is 0 Å². The van der Waals surface area contributed by atoms with Crippen molar-refractivity contribution < 1.29 is 29.2 Å². The molecule has 1 aromatic rings. The second kappa shape index (κ2) is 9.15. The molecule has 2 saturated carbocycles. The number of carbonyl (C=O) groups excluding carboxylic acids is 1. The minimum Gasteiger partial charge on any atom is -0.493 e. The molecular weight excluding hydrogens is 420 g/mol.